The van der Waals surface area contributed by atoms with Crippen molar-refractivity contribution in [2.75, 3.05) is 6.79 Å². The maximum Gasteiger partial charge on any atom is 0.325 e. The second kappa shape index (κ2) is 10.5. The molecule has 2 heterocycles. The van der Waals surface area contributed by atoms with Gasteiger partial charge in [-0.1, -0.05) is 48.0 Å². The van der Waals surface area contributed by atoms with Crippen LogP contribution in [0, 0.1) is 6.92 Å². The molecule has 1 amide bonds. The molecule has 0 aliphatic carbocycles. The van der Waals surface area contributed by atoms with Gasteiger partial charge in [-0.2, -0.15) is 4.31 Å². The van der Waals surface area contributed by atoms with Gasteiger partial charge in [0.1, 0.15) is 6.04 Å². The third-order valence-electron chi connectivity index (χ3n) is 6.67. The average molecular weight is 537 g/mol. The molecule has 0 spiro atoms. The smallest absolute Gasteiger partial charge is 0.325 e. The Morgan fingerprint density at radius 3 is 2.50 bits per heavy atom. The third-order valence-corrected chi connectivity index (χ3v) is 8.54. The highest BCUT2D eigenvalue weighted by Gasteiger charge is 2.41. The van der Waals surface area contributed by atoms with Gasteiger partial charge in [0.15, 0.2) is 17.6 Å². The van der Waals surface area contributed by atoms with Crippen LogP contribution < -0.4 is 14.8 Å². The summed E-state index contributed by atoms with van der Waals surface area (Å²) in [4.78, 5) is 26.1. The number of nitrogens with one attached hydrogen (secondary N) is 1. The van der Waals surface area contributed by atoms with Gasteiger partial charge in [-0.15, -0.1) is 0 Å². The predicted octanol–water partition coefficient (Wildman–Crippen LogP) is 3.09. The van der Waals surface area contributed by atoms with Crippen molar-refractivity contribution in [3.05, 3.63) is 89.0 Å². The summed E-state index contributed by atoms with van der Waals surface area (Å²) in [5, 5.41) is 2.74. The van der Waals surface area contributed by atoms with Gasteiger partial charge in [-0.05, 0) is 54.8 Å². The van der Waals surface area contributed by atoms with Crippen LogP contribution in [-0.4, -0.2) is 43.5 Å². The molecule has 3 aromatic rings. The van der Waals surface area contributed by atoms with E-state index in [1.807, 2.05) is 31.2 Å². The van der Waals surface area contributed by atoms with Gasteiger partial charge in [0, 0.05) is 19.5 Å². The number of hydrogen-bond acceptors (Lipinski definition) is 7. The zero-order valence-electron chi connectivity index (χ0n) is 21.0. The van der Waals surface area contributed by atoms with Crippen LogP contribution in [0.4, 0.5) is 0 Å². The van der Waals surface area contributed by atoms with E-state index in [1.54, 1.807) is 30.3 Å². The molecule has 1 N–H and O–H groups in total. The molecule has 10 heteroatoms. The minimum atomic E-state index is -4.01. The third kappa shape index (κ3) is 5.23. The first kappa shape index (κ1) is 25.7. The van der Waals surface area contributed by atoms with Gasteiger partial charge >= 0.3 is 5.97 Å². The molecule has 38 heavy (non-hydrogen) atoms. The highest BCUT2D eigenvalue weighted by atomic mass is 32.2. The second-order valence-corrected chi connectivity index (χ2v) is 11.2. The normalized spacial score (nSPS) is 17.4. The number of carbonyl (C=O) groups is 2. The van der Waals surface area contributed by atoms with Crippen LogP contribution in [0.2, 0.25) is 0 Å². The largest absolute Gasteiger partial charge is 0.454 e. The highest BCUT2D eigenvalue weighted by Crippen LogP contribution is 2.33. The molecule has 9 nitrogen and oxygen atoms in total. The number of hydrogen-bond donors (Lipinski definition) is 1. The molecule has 0 bridgehead atoms. The predicted molar refractivity (Wildman–Crippen MR) is 138 cm³/mol. The lowest BCUT2D eigenvalue weighted by atomic mass is 9.96. The Hall–Kier alpha value is -3.89. The van der Waals surface area contributed by atoms with E-state index in [1.165, 1.54) is 23.4 Å². The van der Waals surface area contributed by atoms with Crippen molar-refractivity contribution in [1.29, 1.82) is 0 Å². The molecule has 0 aromatic heterocycles. The summed E-state index contributed by atoms with van der Waals surface area (Å²) in [7, 11) is -4.01. The standard InChI is InChI=1S/C28H28N2O7S/c1-18-7-10-23(11-8-18)38(33,34)30-16-22-6-4-3-5-21(22)14-24(30)28(32)37-19(2)27(31)29-15-20-9-12-25-26(13-20)36-17-35-25/h3-13,19,24H,14-17H2,1-2H3,(H,29,31). The number of aryl methyl sites for hydroxylation is 1. The second-order valence-electron chi connectivity index (χ2n) is 9.34. The lowest BCUT2D eigenvalue weighted by Crippen LogP contribution is -2.50. The monoisotopic (exact) mass is 536 g/mol. The van der Waals surface area contributed by atoms with E-state index in [9.17, 15) is 18.0 Å². The molecular formula is C28H28N2O7S. The molecule has 2 unspecified atom stereocenters. The maximum atomic E-state index is 13.6. The first-order valence-corrected chi connectivity index (χ1v) is 13.7. The van der Waals surface area contributed by atoms with Crippen LogP contribution >= 0.6 is 0 Å². The van der Waals surface area contributed by atoms with E-state index in [0.29, 0.717) is 11.5 Å². The molecule has 0 radical (unpaired) electrons. The van der Waals surface area contributed by atoms with Crippen LogP contribution in [0.25, 0.3) is 0 Å². The van der Waals surface area contributed by atoms with E-state index in [0.717, 1.165) is 22.3 Å². The quantitative estimate of drug-likeness (QED) is 0.462. The number of benzene rings is 3. The topological polar surface area (TPSA) is 111 Å². The summed E-state index contributed by atoms with van der Waals surface area (Å²) in [6.45, 7) is 3.70. The van der Waals surface area contributed by atoms with Gasteiger partial charge < -0.3 is 19.5 Å². The summed E-state index contributed by atoms with van der Waals surface area (Å²) < 4.78 is 44.5. The van der Waals surface area contributed by atoms with Crippen molar-refractivity contribution >= 4 is 21.9 Å². The molecule has 0 saturated heterocycles. The van der Waals surface area contributed by atoms with Crippen molar-refractivity contribution in [1.82, 2.24) is 9.62 Å². The summed E-state index contributed by atoms with van der Waals surface area (Å²) in [5.74, 6) is -0.0358. The van der Waals surface area contributed by atoms with Gasteiger partial charge in [0.05, 0.1) is 4.90 Å². The van der Waals surface area contributed by atoms with E-state index >= 15 is 0 Å². The summed E-state index contributed by atoms with van der Waals surface area (Å²) >= 11 is 0. The Morgan fingerprint density at radius 1 is 1.03 bits per heavy atom. The van der Waals surface area contributed by atoms with Crippen molar-refractivity contribution in [3.8, 4) is 11.5 Å². The van der Waals surface area contributed by atoms with E-state index in [2.05, 4.69) is 5.32 Å². The molecule has 3 aromatic carbocycles. The Kier molecular flexibility index (Phi) is 7.09. The minimum absolute atomic E-state index is 0.0246. The SMILES string of the molecule is Cc1ccc(S(=O)(=O)N2Cc3ccccc3CC2C(=O)OC(C)C(=O)NCc2ccc3c(c2)OCO3)cc1. The van der Waals surface area contributed by atoms with Crippen molar-refractivity contribution < 1.29 is 32.2 Å². The molecule has 5 rings (SSSR count). The van der Waals surface area contributed by atoms with E-state index < -0.39 is 34.0 Å². The summed E-state index contributed by atoms with van der Waals surface area (Å²) in [6, 6.07) is 18.1. The Balaban J connectivity index is 1.30. The number of sulfonamides is 1. The van der Waals surface area contributed by atoms with Crippen molar-refractivity contribution in [3.63, 3.8) is 0 Å². The number of ether oxygens (including phenoxy) is 3. The maximum absolute atomic E-state index is 13.6. The van der Waals surface area contributed by atoms with Crippen LogP contribution in [0.5, 0.6) is 11.5 Å². The van der Waals surface area contributed by atoms with Gasteiger partial charge in [0.25, 0.3) is 5.91 Å². The molecule has 2 atom stereocenters. The molecular weight excluding hydrogens is 508 g/mol. The first-order valence-electron chi connectivity index (χ1n) is 12.2. The fourth-order valence-corrected chi connectivity index (χ4v) is 6.04. The number of rotatable bonds is 7. The molecule has 0 saturated carbocycles. The first-order chi connectivity index (χ1) is 18.2. The highest BCUT2D eigenvalue weighted by molar-refractivity contribution is 7.89. The number of carbonyl (C=O) groups excluding carboxylic acids is 2. The van der Waals surface area contributed by atoms with Gasteiger partial charge in [-0.25, -0.2) is 8.42 Å². The van der Waals surface area contributed by atoms with Crippen molar-refractivity contribution in [2.45, 2.75) is 50.4 Å². The van der Waals surface area contributed by atoms with Crippen LogP contribution in [0.1, 0.15) is 29.2 Å². The van der Waals surface area contributed by atoms with Crippen LogP contribution in [0.3, 0.4) is 0 Å². The molecule has 0 fully saturated rings. The fraction of sp³-hybridized carbons (Fsp3) is 0.286. The number of amides is 1. The van der Waals surface area contributed by atoms with Crippen molar-refractivity contribution in [2.24, 2.45) is 0 Å². The Morgan fingerprint density at radius 2 is 1.74 bits per heavy atom. The minimum Gasteiger partial charge on any atom is -0.454 e. The summed E-state index contributed by atoms with van der Waals surface area (Å²) in [6.07, 6.45) is -0.983. The molecule has 198 valence electrons. The van der Waals surface area contributed by atoms with E-state index in [-0.39, 0.29) is 31.2 Å². The van der Waals surface area contributed by atoms with Gasteiger partial charge in [-0.3, -0.25) is 9.59 Å². The van der Waals surface area contributed by atoms with Gasteiger partial charge in [0.2, 0.25) is 16.8 Å². The Bertz CT molecular complexity index is 1470. The zero-order valence-corrected chi connectivity index (χ0v) is 21.9. The zero-order chi connectivity index (χ0) is 26.9. The average Bonchev–Trinajstić information content (AvgIpc) is 3.39. The molecule has 2 aliphatic heterocycles. The number of fused-ring (bicyclic) bond motifs is 2. The Labute approximate surface area is 221 Å². The summed E-state index contributed by atoms with van der Waals surface area (Å²) in [5.41, 5.74) is 3.40. The molecule has 2 aliphatic rings. The number of nitrogens with zero attached hydrogens (tertiary/aromatic N) is 1. The lowest BCUT2D eigenvalue weighted by molar-refractivity contribution is -0.158. The lowest BCUT2D eigenvalue weighted by Gasteiger charge is -2.34. The fourth-order valence-electron chi connectivity index (χ4n) is 4.49. The number of esters is 1. The van der Waals surface area contributed by atoms with Crippen LogP contribution in [-0.2, 0) is 43.9 Å². The van der Waals surface area contributed by atoms with Crippen LogP contribution in [0.15, 0.2) is 71.6 Å². The van der Waals surface area contributed by atoms with E-state index in [4.69, 9.17) is 14.2 Å².